The van der Waals surface area contributed by atoms with E-state index < -0.39 is 0 Å². The molecule has 4 nitrogen and oxygen atoms in total. The summed E-state index contributed by atoms with van der Waals surface area (Å²) in [6, 6.07) is 0. The summed E-state index contributed by atoms with van der Waals surface area (Å²) in [5.74, 6) is 0. The highest BCUT2D eigenvalue weighted by molar-refractivity contribution is 4.43. The molecule has 0 aromatic heterocycles. The summed E-state index contributed by atoms with van der Waals surface area (Å²) in [5.41, 5.74) is 7.87. The predicted octanol–water partition coefficient (Wildman–Crippen LogP) is 2.11. The van der Waals surface area contributed by atoms with E-state index in [1.54, 1.807) is 0 Å². The van der Waals surface area contributed by atoms with E-state index in [9.17, 15) is 0 Å². The first-order chi connectivity index (χ1) is 4.91. The summed E-state index contributed by atoms with van der Waals surface area (Å²) in [6.45, 7) is 3.87. The number of azide groups is 1. The molecule has 0 saturated carbocycles. The molecule has 4 heteroatoms. The normalized spacial score (nSPS) is 8.90. The molecule has 0 aromatic rings. The second-order valence-corrected chi connectivity index (χ2v) is 1.92. The summed E-state index contributed by atoms with van der Waals surface area (Å²) in [7, 11) is 0. The van der Waals surface area contributed by atoms with Crippen LogP contribution < -0.4 is 0 Å². The van der Waals surface area contributed by atoms with Gasteiger partial charge in [-0.3, -0.25) is 0 Å². The van der Waals surface area contributed by atoms with Crippen LogP contribution in [0.4, 0.5) is 0 Å². The third-order valence-electron chi connectivity index (χ3n) is 1.04. The van der Waals surface area contributed by atoms with E-state index in [2.05, 4.69) is 16.9 Å². The van der Waals surface area contributed by atoms with Crippen molar-refractivity contribution in [2.45, 2.75) is 19.8 Å². The number of nitrogens with zero attached hydrogens (tertiary/aromatic N) is 3. The van der Waals surface area contributed by atoms with Crippen LogP contribution in [-0.4, -0.2) is 19.8 Å². The van der Waals surface area contributed by atoms with Crippen molar-refractivity contribution >= 4 is 0 Å². The molecule has 0 spiro atoms. The summed E-state index contributed by atoms with van der Waals surface area (Å²) in [6.07, 6.45) is 2.22. The molecule has 0 aliphatic carbocycles. The van der Waals surface area contributed by atoms with Gasteiger partial charge in [-0.1, -0.05) is 18.5 Å². The Morgan fingerprint density at radius 1 is 1.50 bits per heavy atom. The molecule has 10 heavy (non-hydrogen) atoms. The lowest BCUT2D eigenvalue weighted by molar-refractivity contribution is 0.138. The molecule has 0 rings (SSSR count). The zero-order valence-electron chi connectivity index (χ0n) is 6.29. The smallest absolute Gasteiger partial charge is 0.0522 e. The molecular formula is C6H13N3O. The monoisotopic (exact) mass is 143 g/mol. The molecular weight excluding hydrogens is 130 g/mol. The fourth-order valence-corrected chi connectivity index (χ4v) is 0.499. The van der Waals surface area contributed by atoms with Crippen molar-refractivity contribution in [3.8, 4) is 0 Å². The fraction of sp³-hybridized carbons (Fsp3) is 1.00. The van der Waals surface area contributed by atoms with Gasteiger partial charge in [0.05, 0.1) is 6.61 Å². The van der Waals surface area contributed by atoms with Gasteiger partial charge in [0.2, 0.25) is 0 Å². The van der Waals surface area contributed by atoms with Crippen LogP contribution in [0.5, 0.6) is 0 Å². The summed E-state index contributed by atoms with van der Waals surface area (Å²) in [4.78, 5) is 2.60. The Labute approximate surface area is 60.8 Å². The second-order valence-electron chi connectivity index (χ2n) is 1.92. The lowest BCUT2D eigenvalue weighted by Crippen LogP contribution is -1.98. The van der Waals surface area contributed by atoms with E-state index in [0.29, 0.717) is 13.2 Å². The van der Waals surface area contributed by atoms with Crippen LogP contribution in [0.1, 0.15) is 19.8 Å². The third-order valence-corrected chi connectivity index (χ3v) is 1.04. The highest BCUT2D eigenvalue weighted by Gasteiger charge is 1.84. The molecule has 0 atom stereocenters. The minimum Gasteiger partial charge on any atom is -0.381 e. The van der Waals surface area contributed by atoms with Crippen molar-refractivity contribution in [1.29, 1.82) is 0 Å². The van der Waals surface area contributed by atoms with Crippen LogP contribution in [0.25, 0.3) is 10.4 Å². The van der Waals surface area contributed by atoms with Crippen LogP contribution in [0.3, 0.4) is 0 Å². The van der Waals surface area contributed by atoms with Gasteiger partial charge in [-0.15, -0.1) is 0 Å². The summed E-state index contributed by atoms with van der Waals surface area (Å²) < 4.78 is 5.11. The van der Waals surface area contributed by atoms with Crippen LogP contribution in [0.2, 0.25) is 0 Å². The van der Waals surface area contributed by atoms with Gasteiger partial charge in [0.1, 0.15) is 0 Å². The standard InChI is InChI=1S/C6H13N3O/c1-2-3-5-10-6-4-8-9-7/h2-6H2,1H3. The van der Waals surface area contributed by atoms with E-state index in [-0.39, 0.29) is 0 Å². The predicted molar refractivity (Wildman–Crippen MR) is 39.7 cm³/mol. The zero-order valence-corrected chi connectivity index (χ0v) is 6.29. The Kier molecular flexibility index (Phi) is 7.67. The molecule has 0 aliphatic heterocycles. The van der Waals surface area contributed by atoms with Crippen molar-refractivity contribution < 1.29 is 4.74 Å². The SMILES string of the molecule is CCCCOCCN=[N+]=[N-]. The topological polar surface area (TPSA) is 58.0 Å². The van der Waals surface area contributed by atoms with Crippen LogP contribution >= 0.6 is 0 Å². The van der Waals surface area contributed by atoms with Crippen LogP contribution in [-0.2, 0) is 4.74 Å². The van der Waals surface area contributed by atoms with E-state index in [4.69, 9.17) is 10.3 Å². The van der Waals surface area contributed by atoms with E-state index >= 15 is 0 Å². The van der Waals surface area contributed by atoms with Gasteiger partial charge in [0, 0.05) is 18.1 Å². The van der Waals surface area contributed by atoms with Gasteiger partial charge < -0.3 is 4.74 Å². The molecule has 0 N–H and O–H groups in total. The lowest BCUT2D eigenvalue weighted by atomic mass is 10.4. The first kappa shape index (κ1) is 9.27. The fourth-order valence-electron chi connectivity index (χ4n) is 0.499. The van der Waals surface area contributed by atoms with Crippen molar-refractivity contribution in [3.63, 3.8) is 0 Å². The molecule has 0 amide bonds. The van der Waals surface area contributed by atoms with Crippen molar-refractivity contribution in [3.05, 3.63) is 10.4 Å². The maximum absolute atomic E-state index is 7.87. The Morgan fingerprint density at radius 3 is 2.90 bits per heavy atom. The first-order valence-corrected chi connectivity index (χ1v) is 3.50. The Bertz CT molecular complexity index is 110. The highest BCUT2D eigenvalue weighted by Crippen LogP contribution is 1.87. The molecule has 0 saturated heterocycles. The minimum absolute atomic E-state index is 0.445. The maximum Gasteiger partial charge on any atom is 0.0522 e. The number of ether oxygens (including phenoxy) is 1. The van der Waals surface area contributed by atoms with Crippen LogP contribution in [0.15, 0.2) is 5.11 Å². The Hall–Kier alpha value is -0.730. The molecule has 0 unspecified atom stereocenters. The van der Waals surface area contributed by atoms with Crippen LogP contribution in [0, 0.1) is 0 Å². The quantitative estimate of drug-likeness (QED) is 0.243. The molecule has 0 aliphatic rings. The summed E-state index contributed by atoms with van der Waals surface area (Å²) >= 11 is 0. The number of unbranched alkanes of at least 4 members (excludes halogenated alkanes) is 1. The van der Waals surface area contributed by atoms with Gasteiger partial charge in [-0.05, 0) is 12.0 Å². The number of hydrogen-bond acceptors (Lipinski definition) is 2. The first-order valence-electron chi connectivity index (χ1n) is 3.50. The minimum atomic E-state index is 0.445. The van der Waals surface area contributed by atoms with Crippen molar-refractivity contribution in [2.24, 2.45) is 5.11 Å². The largest absolute Gasteiger partial charge is 0.381 e. The molecule has 0 aromatic carbocycles. The molecule has 0 radical (unpaired) electrons. The average Bonchev–Trinajstić information content (AvgIpc) is 1.97. The Morgan fingerprint density at radius 2 is 2.30 bits per heavy atom. The van der Waals surface area contributed by atoms with Crippen molar-refractivity contribution in [2.75, 3.05) is 19.8 Å². The third kappa shape index (κ3) is 7.27. The molecule has 0 bridgehead atoms. The van der Waals surface area contributed by atoms with Crippen molar-refractivity contribution in [1.82, 2.24) is 0 Å². The zero-order chi connectivity index (χ0) is 7.66. The second kappa shape index (κ2) is 8.27. The lowest BCUT2D eigenvalue weighted by Gasteiger charge is -1.97. The van der Waals surface area contributed by atoms with Gasteiger partial charge in [0.25, 0.3) is 0 Å². The number of hydrogen-bond donors (Lipinski definition) is 0. The van der Waals surface area contributed by atoms with Gasteiger partial charge in [0.15, 0.2) is 0 Å². The van der Waals surface area contributed by atoms with Gasteiger partial charge in [-0.2, -0.15) is 0 Å². The van der Waals surface area contributed by atoms with Gasteiger partial charge >= 0.3 is 0 Å². The van der Waals surface area contributed by atoms with Gasteiger partial charge in [-0.25, -0.2) is 0 Å². The molecule has 0 heterocycles. The maximum atomic E-state index is 7.87. The molecule has 58 valence electrons. The average molecular weight is 143 g/mol. The van der Waals surface area contributed by atoms with E-state index in [0.717, 1.165) is 19.4 Å². The number of rotatable bonds is 6. The molecule has 0 fully saturated rings. The Balaban J connectivity index is 2.83. The highest BCUT2D eigenvalue weighted by atomic mass is 16.5. The van der Waals surface area contributed by atoms with E-state index in [1.807, 2.05) is 0 Å². The van der Waals surface area contributed by atoms with E-state index in [1.165, 1.54) is 0 Å². The summed E-state index contributed by atoms with van der Waals surface area (Å²) in [5, 5.41) is 3.32.